The van der Waals surface area contributed by atoms with Crippen molar-refractivity contribution in [1.29, 1.82) is 0 Å². The van der Waals surface area contributed by atoms with Crippen LogP contribution in [-0.2, 0) is 14.3 Å². The fourth-order valence-electron chi connectivity index (χ4n) is 6.70. The van der Waals surface area contributed by atoms with E-state index in [1.807, 2.05) is 0 Å². The number of carbonyl (C=O) groups excluding carboxylic acids is 2. The van der Waals surface area contributed by atoms with Crippen LogP contribution in [-0.4, -0.2) is 23.8 Å². The maximum Gasteiger partial charge on any atom is 0.139 e. The Bertz CT molecular complexity index is 608. The molecule has 132 valence electrons. The summed E-state index contributed by atoms with van der Waals surface area (Å²) >= 11 is 0. The fourth-order valence-corrected chi connectivity index (χ4v) is 6.70. The van der Waals surface area contributed by atoms with Gasteiger partial charge in [-0.2, -0.15) is 0 Å². The van der Waals surface area contributed by atoms with Crippen molar-refractivity contribution < 1.29 is 14.3 Å². The SMILES string of the molecule is CCO[C@]12CCC3(C)C(=O)CCC3C1C=CC1CC(=O)CCC12C. The summed E-state index contributed by atoms with van der Waals surface area (Å²) in [5, 5.41) is 0. The number of fused-ring (bicyclic) bond motifs is 5. The molecule has 24 heavy (non-hydrogen) atoms. The summed E-state index contributed by atoms with van der Waals surface area (Å²) in [7, 11) is 0. The molecule has 0 heterocycles. The number of ketones is 2. The van der Waals surface area contributed by atoms with Crippen LogP contribution in [0.5, 0.6) is 0 Å². The smallest absolute Gasteiger partial charge is 0.139 e. The maximum atomic E-state index is 12.6. The summed E-state index contributed by atoms with van der Waals surface area (Å²) in [4.78, 5) is 24.6. The van der Waals surface area contributed by atoms with Crippen molar-refractivity contribution in [1.82, 2.24) is 0 Å². The zero-order chi connectivity index (χ0) is 17.2. The van der Waals surface area contributed by atoms with E-state index in [4.69, 9.17) is 4.74 Å². The molecule has 0 spiro atoms. The topological polar surface area (TPSA) is 43.4 Å². The number of Topliss-reactive ketones (excluding diaryl/α,β-unsaturated/α-hetero) is 2. The predicted octanol–water partition coefficient (Wildman–Crippen LogP) is 4.10. The highest BCUT2D eigenvalue weighted by Gasteiger charge is 2.67. The molecule has 0 bridgehead atoms. The number of carbonyl (C=O) groups is 2. The second-order valence-electron chi connectivity index (χ2n) is 8.99. The van der Waals surface area contributed by atoms with E-state index >= 15 is 0 Å². The Hall–Kier alpha value is -0.960. The van der Waals surface area contributed by atoms with Gasteiger partial charge in [-0.3, -0.25) is 9.59 Å². The van der Waals surface area contributed by atoms with E-state index in [2.05, 4.69) is 32.9 Å². The number of rotatable bonds is 2. The normalized spacial score (nSPS) is 50.4. The van der Waals surface area contributed by atoms with Crippen molar-refractivity contribution in [2.24, 2.45) is 28.6 Å². The molecule has 0 N–H and O–H groups in total. The highest BCUT2D eigenvalue weighted by atomic mass is 16.5. The molecule has 0 radical (unpaired) electrons. The first-order valence-corrected chi connectivity index (χ1v) is 9.75. The van der Waals surface area contributed by atoms with E-state index in [-0.39, 0.29) is 16.4 Å². The van der Waals surface area contributed by atoms with E-state index in [9.17, 15) is 9.59 Å². The second-order valence-corrected chi connectivity index (χ2v) is 8.99. The van der Waals surface area contributed by atoms with Gasteiger partial charge in [-0.1, -0.05) is 26.0 Å². The third-order valence-electron chi connectivity index (χ3n) is 8.23. The van der Waals surface area contributed by atoms with Crippen LogP contribution in [0.3, 0.4) is 0 Å². The minimum absolute atomic E-state index is 0.0172. The van der Waals surface area contributed by atoms with Gasteiger partial charge in [0, 0.05) is 42.6 Å². The van der Waals surface area contributed by atoms with E-state index in [1.54, 1.807) is 0 Å². The van der Waals surface area contributed by atoms with E-state index in [0.717, 1.165) is 32.1 Å². The molecular formula is C21H30O3. The van der Waals surface area contributed by atoms with Crippen molar-refractivity contribution in [3.63, 3.8) is 0 Å². The van der Waals surface area contributed by atoms with Crippen molar-refractivity contribution in [2.75, 3.05) is 6.61 Å². The van der Waals surface area contributed by atoms with Gasteiger partial charge in [0.1, 0.15) is 11.6 Å². The van der Waals surface area contributed by atoms with Crippen LogP contribution < -0.4 is 0 Å². The number of ether oxygens (including phenoxy) is 1. The van der Waals surface area contributed by atoms with Gasteiger partial charge in [0.15, 0.2) is 0 Å². The number of allylic oxidation sites excluding steroid dienone is 1. The van der Waals surface area contributed by atoms with Gasteiger partial charge in [-0.25, -0.2) is 0 Å². The molecule has 5 unspecified atom stereocenters. The van der Waals surface area contributed by atoms with Crippen LogP contribution in [0.4, 0.5) is 0 Å². The first-order chi connectivity index (χ1) is 11.4. The molecule has 3 heteroatoms. The largest absolute Gasteiger partial charge is 0.374 e. The lowest BCUT2D eigenvalue weighted by atomic mass is 9.45. The van der Waals surface area contributed by atoms with Gasteiger partial charge in [-0.15, -0.1) is 0 Å². The summed E-state index contributed by atoms with van der Waals surface area (Å²) in [6, 6.07) is 0. The van der Waals surface area contributed by atoms with Gasteiger partial charge in [-0.05, 0) is 44.4 Å². The Morgan fingerprint density at radius 1 is 1.12 bits per heavy atom. The summed E-state index contributed by atoms with van der Waals surface area (Å²) < 4.78 is 6.60. The molecule has 3 nitrogen and oxygen atoms in total. The summed E-state index contributed by atoms with van der Waals surface area (Å²) in [6.45, 7) is 7.34. The van der Waals surface area contributed by atoms with E-state index < -0.39 is 0 Å². The van der Waals surface area contributed by atoms with Crippen LogP contribution in [0.15, 0.2) is 12.2 Å². The molecule has 0 aromatic rings. The van der Waals surface area contributed by atoms with Crippen LogP contribution in [0.25, 0.3) is 0 Å². The Balaban J connectivity index is 1.81. The van der Waals surface area contributed by atoms with Crippen molar-refractivity contribution in [3.05, 3.63) is 12.2 Å². The average molecular weight is 330 g/mol. The summed E-state index contributed by atoms with van der Waals surface area (Å²) in [5.74, 6) is 1.86. The Morgan fingerprint density at radius 2 is 1.92 bits per heavy atom. The van der Waals surface area contributed by atoms with E-state index in [0.29, 0.717) is 48.8 Å². The minimum atomic E-state index is -0.198. The predicted molar refractivity (Wildman–Crippen MR) is 92.5 cm³/mol. The molecule has 4 aliphatic carbocycles. The molecular weight excluding hydrogens is 300 g/mol. The molecule has 0 saturated heterocycles. The lowest BCUT2D eigenvalue weighted by Crippen LogP contribution is -2.65. The molecule has 3 saturated carbocycles. The molecule has 4 aliphatic rings. The number of hydrogen-bond donors (Lipinski definition) is 0. The highest BCUT2D eigenvalue weighted by molar-refractivity contribution is 5.87. The fraction of sp³-hybridized carbons (Fsp3) is 0.810. The maximum absolute atomic E-state index is 12.6. The van der Waals surface area contributed by atoms with Gasteiger partial charge in [0.05, 0.1) is 5.60 Å². The Kier molecular flexibility index (Phi) is 3.62. The third kappa shape index (κ3) is 1.88. The zero-order valence-corrected chi connectivity index (χ0v) is 15.3. The van der Waals surface area contributed by atoms with Crippen LogP contribution in [0.2, 0.25) is 0 Å². The lowest BCUT2D eigenvalue weighted by Gasteiger charge is -2.63. The van der Waals surface area contributed by atoms with Crippen LogP contribution >= 0.6 is 0 Å². The van der Waals surface area contributed by atoms with Crippen molar-refractivity contribution in [2.45, 2.75) is 71.3 Å². The molecule has 0 aromatic heterocycles. The summed E-state index contributed by atoms with van der Waals surface area (Å²) in [5.41, 5.74) is -0.344. The molecule has 3 fully saturated rings. The number of hydrogen-bond acceptors (Lipinski definition) is 3. The summed E-state index contributed by atoms with van der Waals surface area (Å²) in [6.07, 6.45) is 10.5. The highest BCUT2D eigenvalue weighted by Crippen LogP contribution is 2.66. The molecule has 0 aromatic carbocycles. The quantitative estimate of drug-likeness (QED) is 0.716. The zero-order valence-electron chi connectivity index (χ0n) is 15.3. The van der Waals surface area contributed by atoms with Gasteiger partial charge < -0.3 is 4.74 Å². The average Bonchev–Trinajstić information content (AvgIpc) is 2.85. The molecule has 0 amide bonds. The van der Waals surface area contributed by atoms with Gasteiger partial charge in [0.2, 0.25) is 0 Å². The van der Waals surface area contributed by atoms with Crippen LogP contribution in [0.1, 0.15) is 65.7 Å². The molecule has 4 rings (SSSR count). The lowest BCUT2D eigenvalue weighted by molar-refractivity contribution is -0.221. The third-order valence-corrected chi connectivity index (χ3v) is 8.23. The molecule has 6 atom stereocenters. The monoisotopic (exact) mass is 330 g/mol. The van der Waals surface area contributed by atoms with Gasteiger partial charge in [0.25, 0.3) is 0 Å². The van der Waals surface area contributed by atoms with Gasteiger partial charge >= 0.3 is 0 Å². The van der Waals surface area contributed by atoms with Crippen molar-refractivity contribution in [3.8, 4) is 0 Å². The molecule has 0 aliphatic heterocycles. The Morgan fingerprint density at radius 3 is 2.67 bits per heavy atom. The first-order valence-electron chi connectivity index (χ1n) is 9.75. The first kappa shape index (κ1) is 16.5. The Labute approximate surface area is 145 Å². The second kappa shape index (κ2) is 5.27. The minimum Gasteiger partial charge on any atom is -0.374 e. The standard InChI is InChI=1S/C21H30O3/c1-4-24-21-12-11-19(2)16(7-8-18(19)23)17(21)6-5-14-13-15(22)9-10-20(14,21)3/h5-6,14,16-17H,4,7-13H2,1-3H3/t14?,16?,17?,19?,20?,21-/m1/s1. The van der Waals surface area contributed by atoms with Crippen LogP contribution in [0, 0.1) is 28.6 Å². The van der Waals surface area contributed by atoms with Crippen molar-refractivity contribution >= 4 is 11.6 Å². The van der Waals surface area contributed by atoms with E-state index in [1.165, 1.54) is 0 Å².